The Kier molecular flexibility index (Phi) is 7.89. The molecule has 0 amide bonds. The van der Waals surface area contributed by atoms with Crippen LogP contribution in [0.5, 0.6) is 11.5 Å². The number of para-hydroxylation sites is 1. The van der Waals surface area contributed by atoms with Crippen LogP contribution in [0.3, 0.4) is 0 Å². The van der Waals surface area contributed by atoms with Crippen molar-refractivity contribution >= 4 is 38.6 Å². The molecule has 1 heterocycles. The van der Waals surface area contributed by atoms with Gasteiger partial charge in [-0.2, -0.15) is 0 Å². The maximum absolute atomic E-state index is 5.69. The SMILES string of the molecule is COCc1cc(N(c2ccc(OC)cc2)c2ccc(OC)cc2)cc(COC)c1-c1nc2ccccc2s1. The van der Waals surface area contributed by atoms with Crippen molar-refractivity contribution in [1.82, 2.24) is 4.98 Å². The zero-order chi connectivity index (χ0) is 26.5. The first-order chi connectivity index (χ1) is 18.6. The first kappa shape index (κ1) is 25.7. The van der Waals surface area contributed by atoms with E-state index in [2.05, 4.69) is 47.4 Å². The van der Waals surface area contributed by atoms with Crippen molar-refractivity contribution in [1.29, 1.82) is 0 Å². The van der Waals surface area contributed by atoms with Crippen LogP contribution in [-0.2, 0) is 22.7 Å². The molecule has 0 fully saturated rings. The highest BCUT2D eigenvalue weighted by Crippen LogP contribution is 2.42. The summed E-state index contributed by atoms with van der Waals surface area (Å²) in [5.41, 5.74) is 7.12. The fraction of sp³-hybridized carbons (Fsp3) is 0.194. The number of aromatic nitrogens is 1. The van der Waals surface area contributed by atoms with Crippen molar-refractivity contribution in [2.24, 2.45) is 0 Å². The van der Waals surface area contributed by atoms with E-state index in [4.69, 9.17) is 23.9 Å². The molecule has 4 aromatic carbocycles. The van der Waals surface area contributed by atoms with E-state index in [0.29, 0.717) is 13.2 Å². The zero-order valence-corrected chi connectivity index (χ0v) is 22.7. The van der Waals surface area contributed by atoms with Gasteiger partial charge in [-0.15, -0.1) is 11.3 Å². The number of thiazole rings is 1. The number of hydrogen-bond donors (Lipinski definition) is 0. The lowest BCUT2D eigenvalue weighted by Crippen LogP contribution is -2.12. The van der Waals surface area contributed by atoms with Crippen LogP contribution in [-0.4, -0.2) is 33.4 Å². The third kappa shape index (κ3) is 5.22. The molecular formula is C31H30N2O4S. The molecular weight excluding hydrogens is 496 g/mol. The summed E-state index contributed by atoms with van der Waals surface area (Å²) in [6.45, 7) is 0.879. The minimum Gasteiger partial charge on any atom is -0.497 e. The molecule has 5 aromatic rings. The third-order valence-electron chi connectivity index (χ3n) is 6.31. The summed E-state index contributed by atoms with van der Waals surface area (Å²) in [5.74, 6) is 1.60. The summed E-state index contributed by atoms with van der Waals surface area (Å²) in [6.07, 6.45) is 0. The van der Waals surface area contributed by atoms with Gasteiger partial charge in [0.15, 0.2) is 0 Å². The van der Waals surface area contributed by atoms with Crippen LogP contribution in [0.2, 0.25) is 0 Å². The van der Waals surface area contributed by atoms with Crippen LogP contribution >= 0.6 is 11.3 Å². The van der Waals surface area contributed by atoms with E-state index in [1.807, 2.05) is 42.5 Å². The highest BCUT2D eigenvalue weighted by molar-refractivity contribution is 7.21. The van der Waals surface area contributed by atoms with Crippen LogP contribution in [0.25, 0.3) is 20.8 Å². The Morgan fingerprint density at radius 1 is 0.658 bits per heavy atom. The quantitative estimate of drug-likeness (QED) is 0.185. The lowest BCUT2D eigenvalue weighted by molar-refractivity contribution is 0.181. The molecule has 6 nitrogen and oxygen atoms in total. The predicted octanol–water partition coefficient (Wildman–Crippen LogP) is 7.74. The molecule has 0 atom stereocenters. The van der Waals surface area contributed by atoms with E-state index in [0.717, 1.165) is 60.5 Å². The van der Waals surface area contributed by atoms with Gasteiger partial charge in [-0.1, -0.05) is 12.1 Å². The Bertz CT molecular complexity index is 1410. The topological polar surface area (TPSA) is 53.1 Å². The molecule has 5 rings (SSSR count). The summed E-state index contributed by atoms with van der Waals surface area (Å²) in [6, 6.07) is 28.6. The van der Waals surface area contributed by atoms with E-state index in [1.165, 1.54) is 0 Å². The number of ether oxygens (including phenoxy) is 4. The molecule has 7 heteroatoms. The summed E-state index contributed by atoms with van der Waals surface area (Å²) in [5, 5.41) is 0.956. The van der Waals surface area contributed by atoms with Crippen LogP contribution in [0, 0.1) is 0 Å². The maximum atomic E-state index is 5.69. The smallest absolute Gasteiger partial charge is 0.125 e. The van der Waals surface area contributed by atoms with Crippen LogP contribution < -0.4 is 14.4 Å². The Balaban J connectivity index is 1.71. The Morgan fingerprint density at radius 3 is 1.66 bits per heavy atom. The van der Waals surface area contributed by atoms with Crippen LogP contribution in [0.4, 0.5) is 17.1 Å². The first-order valence-electron chi connectivity index (χ1n) is 12.2. The Morgan fingerprint density at radius 2 is 1.18 bits per heavy atom. The molecule has 0 aliphatic carbocycles. The summed E-state index contributed by atoms with van der Waals surface area (Å²) in [7, 11) is 6.78. The zero-order valence-electron chi connectivity index (χ0n) is 21.9. The molecule has 0 radical (unpaired) electrons. The van der Waals surface area contributed by atoms with E-state index in [-0.39, 0.29) is 0 Å². The van der Waals surface area contributed by atoms with Gasteiger partial charge in [0.2, 0.25) is 0 Å². The standard InChI is InChI=1S/C31H30N2O4S/c1-34-19-21-17-25(18-22(20-35-2)30(21)31-32-28-7-5-6-8-29(28)38-31)33(23-9-13-26(36-3)14-10-23)24-11-15-27(37-4)16-12-24/h5-18H,19-20H2,1-4H3. The van der Waals surface area contributed by atoms with Gasteiger partial charge < -0.3 is 23.8 Å². The van der Waals surface area contributed by atoms with Crippen LogP contribution in [0.1, 0.15) is 11.1 Å². The molecule has 1 aromatic heterocycles. The molecule has 194 valence electrons. The van der Waals surface area contributed by atoms with E-state index in [1.54, 1.807) is 39.8 Å². The Labute approximate surface area is 227 Å². The van der Waals surface area contributed by atoms with E-state index in [9.17, 15) is 0 Å². The molecule has 0 aliphatic heterocycles. The van der Waals surface area contributed by atoms with Crippen LogP contribution in [0.15, 0.2) is 84.9 Å². The highest BCUT2D eigenvalue weighted by atomic mass is 32.1. The maximum Gasteiger partial charge on any atom is 0.125 e. The fourth-order valence-corrected chi connectivity index (χ4v) is 5.66. The molecule has 0 N–H and O–H groups in total. The molecule has 0 unspecified atom stereocenters. The number of methoxy groups -OCH3 is 4. The van der Waals surface area contributed by atoms with Gasteiger partial charge in [-0.3, -0.25) is 0 Å². The van der Waals surface area contributed by atoms with Crippen molar-refractivity contribution in [2.75, 3.05) is 33.3 Å². The largest absolute Gasteiger partial charge is 0.497 e. The van der Waals surface area contributed by atoms with Crippen molar-refractivity contribution < 1.29 is 18.9 Å². The number of nitrogens with zero attached hydrogens (tertiary/aromatic N) is 2. The molecule has 0 bridgehead atoms. The second-order valence-corrected chi connectivity index (χ2v) is 9.75. The number of fused-ring (bicyclic) bond motifs is 1. The van der Waals surface area contributed by atoms with Gasteiger partial charge in [0.05, 0.1) is 37.6 Å². The van der Waals surface area contributed by atoms with Gasteiger partial charge >= 0.3 is 0 Å². The average molecular weight is 527 g/mol. The third-order valence-corrected chi connectivity index (χ3v) is 7.37. The summed E-state index contributed by atoms with van der Waals surface area (Å²) >= 11 is 1.68. The van der Waals surface area contributed by atoms with Gasteiger partial charge in [-0.05, 0) is 83.9 Å². The lowest BCUT2D eigenvalue weighted by Gasteiger charge is -2.28. The molecule has 0 spiro atoms. The first-order valence-corrected chi connectivity index (χ1v) is 13.0. The Hall–Kier alpha value is -3.91. The summed E-state index contributed by atoms with van der Waals surface area (Å²) in [4.78, 5) is 7.17. The number of anilines is 3. The van der Waals surface area contributed by atoms with Gasteiger partial charge in [0.1, 0.15) is 16.5 Å². The highest BCUT2D eigenvalue weighted by Gasteiger charge is 2.21. The lowest BCUT2D eigenvalue weighted by atomic mass is 9.99. The van der Waals surface area contributed by atoms with E-state index < -0.39 is 0 Å². The number of benzene rings is 4. The monoisotopic (exact) mass is 526 g/mol. The van der Waals surface area contributed by atoms with Gasteiger partial charge in [-0.25, -0.2) is 4.98 Å². The van der Waals surface area contributed by atoms with Crippen molar-refractivity contribution in [3.63, 3.8) is 0 Å². The second kappa shape index (κ2) is 11.6. The minimum atomic E-state index is 0.439. The van der Waals surface area contributed by atoms with Gasteiger partial charge in [0.25, 0.3) is 0 Å². The normalized spacial score (nSPS) is 11.1. The second-order valence-electron chi connectivity index (χ2n) is 8.72. The van der Waals surface area contributed by atoms with E-state index >= 15 is 0 Å². The number of rotatable bonds is 10. The van der Waals surface area contributed by atoms with Crippen molar-refractivity contribution in [3.8, 4) is 22.1 Å². The predicted molar refractivity (Wildman–Crippen MR) is 154 cm³/mol. The van der Waals surface area contributed by atoms with Crippen molar-refractivity contribution in [2.45, 2.75) is 13.2 Å². The molecule has 0 saturated carbocycles. The summed E-state index contributed by atoms with van der Waals surface area (Å²) < 4.78 is 23.3. The minimum absolute atomic E-state index is 0.439. The fourth-order valence-electron chi connectivity index (χ4n) is 4.58. The molecule has 0 aliphatic rings. The van der Waals surface area contributed by atoms with Gasteiger partial charge in [0, 0.05) is 36.8 Å². The molecule has 38 heavy (non-hydrogen) atoms. The number of hydrogen-bond acceptors (Lipinski definition) is 7. The average Bonchev–Trinajstić information content (AvgIpc) is 3.38. The van der Waals surface area contributed by atoms with Crippen molar-refractivity contribution in [3.05, 3.63) is 96.1 Å². The molecule has 0 saturated heterocycles.